The number of benzene rings is 1. The Labute approximate surface area is 85.8 Å². The molecule has 0 aliphatic carbocycles. The van der Waals surface area contributed by atoms with Gasteiger partial charge in [0, 0.05) is 12.0 Å². The lowest BCUT2D eigenvalue weighted by atomic mass is 9.99. The predicted molar refractivity (Wildman–Crippen MR) is 55.9 cm³/mol. The molecule has 2 nitrogen and oxygen atoms in total. The van der Waals surface area contributed by atoms with Crippen molar-refractivity contribution < 1.29 is 9.00 Å². The zero-order valence-electron chi connectivity index (χ0n) is 8.24. The molecule has 2 rings (SSSR count). The van der Waals surface area contributed by atoms with Crippen LogP contribution in [0.1, 0.15) is 30.6 Å². The van der Waals surface area contributed by atoms with Crippen LogP contribution in [0.2, 0.25) is 0 Å². The summed E-state index contributed by atoms with van der Waals surface area (Å²) >= 11 is 0. The number of ketones is 1. The van der Waals surface area contributed by atoms with Crippen LogP contribution in [-0.4, -0.2) is 14.7 Å². The molecule has 1 aromatic rings. The van der Waals surface area contributed by atoms with E-state index in [4.69, 9.17) is 0 Å². The summed E-state index contributed by atoms with van der Waals surface area (Å²) in [4.78, 5) is 12.4. The van der Waals surface area contributed by atoms with E-state index in [0.29, 0.717) is 16.9 Å². The lowest BCUT2D eigenvalue weighted by molar-refractivity contribution is 0.0966. The van der Waals surface area contributed by atoms with E-state index >= 15 is 0 Å². The van der Waals surface area contributed by atoms with Gasteiger partial charge in [-0.05, 0) is 19.9 Å². The second-order valence-electron chi connectivity index (χ2n) is 4.12. The number of carbonyl (C=O) groups is 1. The molecule has 1 heterocycles. The number of hydrogen-bond donors (Lipinski definition) is 0. The Balaban J connectivity index is 2.63. The standard InChI is InChI=1S/C11H12O2S/c1-11(2)7-9(12)8-5-3-4-6-10(8)14(11)13/h3-6H,7H2,1-2H3/t14-/m1/s1. The molecule has 0 N–H and O–H groups in total. The van der Waals surface area contributed by atoms with Crippen LogP contribution in [0.4, 0.5) is 0 Å². The van der Waals surface area contributed by atoms with Crippen molar-refractivity contribution in [3.63, 3.8) is 0 Å². The normalized spacial score (nSPS) is 24.4. The highest BCUT2D eigenvalue weighted by Gasteiger charge is 2.37. The summed E-state index contributed by atoms with van der Waals surface area (Å²) < 4.78 is 11.6. The lowest BCUT2D eigenvalue weighted by Gasteiger charge is -2.28. The van der Waals surface area contributed by atoms with Gasteiger partial charge in [-0.15, -0.1) is 0 Å². The first kappa shape index (κ1) is 9.59. The van der Waals surface area contributed by atoms with E-state index in [2.05, 4.69) is 0 Å². The average molecular weight is 208 g/mol. The number of Topliss-reactive ketones (excluding diaryl/α,β-unsaturated/α-hetero) is 1. The molecule has 14 heavy (non-hydrogen) atoms. The molecule has 1 aromatic carbocycles. The van der Waals surface area contributed by atoms with Crippen LogP contribution in [0.15, 0.2) is 29.2 Å². The molecular weight excluding hydrogens is 196 g/mol. The van der Waals surface area contributed by atoms with Crippen molar-refractivity contribution in [3.8, 4) is 0 Å². The summed E-state index contributed by atoms with van der Waals surface area (Å²) in [6.07, 6.45) is 0.372. The Morgan fingerprint density at radius 2 is 1.93 bits per heavy atom. The van der Waals surface area contributed by atoms with E-state index in [1.54, 1.807) is 12.1 Å². The highest BCUT2D eigenvalue weighted by Crippen LogP contribution is 2.33. The molecule has 1 aliphatic heterocycles. The minimum absolute atomic E-state index is 0.102. The number of carbonyl (C=O) groups excluding carboxylic acids is 1. The average Bonchev–Trinajstić information content (AvgIpc) is 2.14. The summed E-state index contributed by atoms with van der Waals surface area (Å²) in [5.41, 5.74) is 0.630. The van der Waals surface area contributed by atoms with Crippen molar-refractivity contribution in [2.45, 2.75) is 29.9 Å². The molecule has 74 valence electrons. The maximum atomic E-state index is 12.0. The lowest BCUT2D eigenvalue weighted by Crippen LogP contribution is -2.35. The van der Waals surface area contributed by atoms with E-state index in [1.165, 1.54) is 0 Å². The highest BCUT2D eigenvalue weighted by atomic mass is 32.2. The fraction of sp³-hybridized carbons (Fsp3) is 0.364. The van der Waals surface area contributed by atoms with Gasteiger partial charge in [-0.1, -0.05) is 18.2 Å². The molecular formula is C11H12O2S. The molecule has 3 heteroatoms. The Morgan fingerprint density at radius 1 is 1.29 bits per heavy atom. The zero-order chi connectivity index (χ0) is 10.3. The maximum Gasteiger partial charge on any atom is 0.165 e. The van der Waals surface area contributed by atoms with Crippen molar-refractivity contribution >= 4 is 16.6 Å². The molecule has 0 amide bonds. The van der Waals surface area contributed by atoms with Gasteiger partial charge in [-0.3, -0.25) is 9.00 Å². The quantitative estimate of drug-likeness (QED) is 0.654. The van der Waals surface area contributed by atoms with Crippen LogP contribution in [0.5, 0.6) is 0 Å². The predicted octanol–water partition coefficient (Wildman–Crippen LogP) is 2.16. The molecule has 1 atom stereocenters. The fourth-order valence-corrected chi connectivity index (χ4v) is 3.15. The first-order valence-corrected chi connectivity index (χ1v) is 5.71. The van der Waals surface area contributed by atoms with Crippen LogP contribution < -0.4 is 0 Å². The second-order valence-corrected chi connectivity index (χ2v) is 6.21. The molecule has 0 fully saturated rings. The molecule has 0 saturated heterocycles. The van der Waals surface area contributed by atoms with Crippen molar-refractivity contribution in [3.05, 3.63) is 29.8 Å². The van der Waals surface area contributed by atoms with Gasteiger partial charge in [0.15, 0.2) is 5.78 Å². The van der Waals surface area contributed by atoms with Gasteiger partial charge in [-0.2, -0.15) is 0 Å². The van der Waals surface area contributed by atoms with Gasteiger partial charge in [0.05, 0.1) is 20.4 Å². The summed E-state index contributed by atoms with van der Waals surface area (Å²) in [6.45, 7) is 3.74. The Kier molecular flexibility index (Phi) is 2.07. The molecule has 0 spiro atoms. The van der Waals surface area contributed by atoms with Gasteiger partial charge in [0.1, 0.15) is 0 Å². The SMILES string of the molecule is CC1(C)CC(=O)c2ccccc2[S@]1=O. The van der Waals surface area contributed by atoms with E-state index in [1.807, 2.05) is 26.0 Å². The maximum absolute atomic E-state index is 12.0. The molecule has 0 saturated carbocycles. The third kappa shape index (κ3) is 1.32. The van der Waals surface area contributed by atoms with E-state index in [9.17, 15) is 9.00 Å². The summed E-state index contributed by atoms with van der Waals surface area (Å²) in [6, 6.07) is 7.17. The summed E-state index contributed by atoms with van der Waals surface area (Å²) in [5.74, 6) is 0.102. The number of rotatable bonds is 0. The first-order valence-electron chi connectivity index (χ1n) is 4.56. The van der Waals surface area contributed by atoms with Crippen molar-refractivity contribution in [1.29, 1.82) is 0 Å². The third-order valence-corrected chi connectivity index (χ3v) is 4.38. The van der Waals surface area contributed by atoms with Crippen molar-refractivity contribution in [1.82, 2.24) is 0 Å². The Hall–Kier alpha value is -0.960. The van der Waals surface area contributed by atoms with Crippen LogP contribution in [0.3, 0.4) is 0 Å². The second kappa shape index (κ2) is 3.02. The Morgan fingerprint density at radius 3 is 2.64 bits per heavy atom. The number of hydrogen-bond acceptors (Lipinski definition) is 2. The van der Waals surface area contributed by atoms with E-state index in [-0.39, 0.29) is 5.78 Å². The van der Waals surface area contributed by atoms with Crippen LogP contribution >= 0.6 is 0 Å². The number of fused-ring (bicyclic) bond motifs is 1. The topological polar surface area (TPSA) is 34.1 Å². The van der Waals surface area contributed by atoms with Crippen LogP contribution in [-0.2, 0) is 10.8 Å². The molecule has 0 bridgehead atoms. The molecule has 0 radical (unpaired) electrons. The largest absolute Gasteiger partial charge is 0.294 e. The van der Waals surface area contributed by atoms with Gasteiger partial charge in [0.25, 0.3) is 0 Å². The zero-order valence-corrected chi connectivity index (χ0v) is 9.06. The van der Waals surface area contributed by atoms with Crippen LogP contribution in [0, 0.1) is 0 Å². The van der Waals surface area contributed by atoms with Gasteiger partial charge in [-0.25, -0.2) is 0 Å². The summed E-state index contributed by atoms with van der Waals surface area (Å²) in [7, 11) is -1.07. The third-order valence-electron chi connectivity index (χ3n) is 2.48. The van der Waals surface area contributed by atoms with Crippen LogP contribution in [0.25, 0.3) is 0 Å². The monoisotopic (exact) mass is 208 g/mol. The Bertz CT molecular complexity index is 421. The van der Waals surface area contributed by atoms with E-state index < -0.39 is 15.5 Å². The van der Waals surface area contributed by atoms with Gasteiger partial charge >= 0.3 is 0 Å². The smallest absolute Gasteiger partial charge is 0.165 e. The fourth-order valence-electron chi connectivity index (χ4n) is 1.70. The molecule has 0 aromatic heterocycles. The van der Waals surface area contributed by atoms with Crippen molar-refractivity contribution in [2.75, 3.05) is 0 Å². The first-order chi connectivity index (χ1) is 6.52. The minimum atomic E-state index is -1.07. The summed E-state index contributed by atoms with van der Waals surface area (Å²) in [5, 5.41) is 0. The van der Waals surface area contributed by atoms with E-state index in [0.717, 1.165) is 0 Å². The molecule has 1 aliphatic rings. The van der Waals surface area contributed by atoms with Gasteiger partial charge < -0.3 is 0 Å². The highest BCUT2D eigenvalue weighted by molar-refractivity contribution is 7.86. The molecule has 0 unspecified atom stereocenters. The van der Waals surface area contributed by atoms with Crippen molar-refractivity contribution in [2.24, 2.45) is 0 Å². The minimum Gasteiger partial charge on any atom is -0.294 e. The van der Waals surface area contributed by atoms with Gasteiger partial charge in [0.2, 0.25) is 0 Å².